The van der Waals surface area contributed by atoms with Crippen molar-refractivity contribution in [2.24, 2.45) is 0 Å². The first-order valence-corrected chi connectivity index (χ1v) is 7.64. The van der Waals surface area contributed by atoms with Gasteiger partial charge in [-0.25, -0.2) is 0 Å². The lowest BCUT2D eigenvalue weighted by molar-refractivity contribution is -0.178. The number of carbonyl (C=O) groups is 2. The zero-order chi connectivity index (χ0) is 16.5. The van der Waals surface area contributed by atoms with Crippen LogP contribution in [0.3, 0.4) is 0 Å². The monoisotopic (exact) mass is 308 g/mol. The average Bonchev–Trinajstić information content (AvgIpc) is 2.72. The fraction of sp³-hybridized carbons (Fsp3) is 0.688. The third-order valence-electron chi connectivity index (χ3n) is 4.06. The van der Waals surface area contributed by atoms with Crippen molar-refractivity contribution in [3.8, 4) is 0 Å². The van der Waals surface area contributed by atoms with Gasteiger partial charge in [-0.15, -0.1) is 0 Å². The summed E-state index contributed by atoms with van der Waals surface area (Å²) in [5.41, 5.74) is 1.04. The molecule has 0 aliphatic carbocycles. The largest absolute Gasteiger partial charge is 0.457 e. The lowest BCUT2D eigenvalue weighted by Crippen LogP contribution is -2.57. The summed E-state index contributed by atoms with van der Waals surface area (Å²) in [6.07, 6.45) is 0.401. The van der Waals surface area contributed by atoms with Gasteiger partial charge in [-0.1, -0.05) is 12.1 Å². The SMILES string of the molecule is CCN1CC(C)(C)OC(=O)C1CC(=O)Cc1c(C)noc1C. The van der Waals surface area contributed by atoms with Gasteiger partial charge in [0.25, 0.3) is 0 Å². The van der Waals surface area contributed by atoms with Crippen molar-refractivity contribution < 1.29 is 18.8 Å². The van der Waals surface area contributed by atoms with Crippen LogP contribution in [0.4, 0.5) is 0 Å². The standard InChI is InChI=1S/C16H24N2O4/c1-6-18-9-16(4,5)21-15(20)14(18)8-12(19)7-13-10(2)17-22-11(13)3/h14H,6-9H2,1-5H3. The molecule has 0 saturated carbocycles. The van der Waals surface area contributed by atoms with E-state index in [1.165, 1.54) is 0 Å². The number of hydrogen-bond acceptors (Lipinski definition) is 6. The molecule has 1 atom stereocenters. The van der Waals surface area contributed by atoms with Crippen molar-refractivity contribution in [3.05, 3.63) is 17.0 Å². The van der Waals surface area contributed by atoms with Crippen molar-refractivity contribution in [1.82, 2.24) is 10.1 Å². The number of likely N-dealkylation sites (N-methyl/N-ethyl adjacent to an activating group) is 1. The zero-order valence-corrected chi connectivity index (χ0v) is 13.9. The maximum Gasteiger partial charge on any atom is 0.324 e. The number of nitrogens with zero attached hydrogens (tertiary/aromatic N) is 2. The Morgan fingerprint density at radius 3 is 2.64 bits per heavy atom. The Kier molecular flexibility index (Phi) is 4.70. The van der Waals surface area contributed by atoms with Gasteiger partial charge >= 0.3 is 5.97 Å². The summed E-state index contributed by atoms with van der Waals surface area (Å²) in [7, 11) is 0. The normalized spacial score (nSPS) is 21.7. The molecule has 0 spiro atoms. The van der Waals surface area contributed by atoms with Crippen LogP contribution in [0, 0.1) is 13.8 Å². The fourth-order valence-corrected chi connectivity index (χ4v) is 2.90. The first kappa shape index (κ1) is 16.7. The Balaban J connectivity index is 2.05. The van der Waals surface area contributed by atoms with E-state index >= 15 is 0 Å². The van der Waals surface area contributed by atoms with Crippen LogP contribution >= 0.6 is 0 Å². The summed E-state index contributed by atoms with van der Waals surface area (Å²) in [4.78, 5) is 26.6. The zero-order valence-electron chi connectivity index (χ0n) is 13.9. The van der Waals surface area contributed by atoms with Crippen LogP contribution in [0.5, 0.6) is 0 Å². The maximum atomic E-state index is 12.3. The maximum absolute atomic E-state index is 12.3. The van der Waals surface area contributed by atoms with E-state index in [1.807, 2.05) is 32.6 Å². The molecule has 0 radical (unpaired) electrons. The molecule has 1 aliphatic rings. The van der Waals surface area contributed by atoms with Crippen molar-refractivity contribution in [2.75, 3.05) is 13.1 Å². The number of rotatable bonds is 5. The Morgan fingerprint density at radius 1 is 1.41 bits per heavy atom. The lowest BCUT2D eigenvalue weighted by atomic mass is 9.97. The molecular formula is C16H24N2O4. The van der Waals surface area contributed by atoms with Crippen molar-refractivity contribution in [1.29, 1.82) is 0 Å². The van der Waals surface area contributed by atoms with Crippen LogP contribution in [-0.4, -0.2) is 46.5 Å². The molecule has 0 N–H and O–H groups in total. The van der Waals surface area contributed by atoms with Gasteiger partial charge in [0, 0.05) is 24.9 Å². The minimum atomic E-state index is -0.506. The topological polar surface area (TPSA) is 72.6 Å². The quantitative estimate of drug-likeness (QED) is 0.773. The van der Waals surface area contributed by atoms with Gasteiger partial charge in [0.1, 0.15) is 23.2 Å². The van der Waals surface area contributed by atoms with E-state index in [9.17, 15) is 9.59 Å². The number of cyclic esters (lactones) is 1. The summed E-state index contributed by atoms with van der Waals surface area (Å²) < 4.78 is 10.5. The second-order valence-corrected chi connectivity index (χ2v) is 6.48. The fourth-order valence-electron chi connectivity index (χ4n) is 2.90. The number of ketones is 1. The van der Waals surface area contributed by atoms with Crippen LogP contribution in [-0.2, 0) is 20.7 Å². The van der Waals surface area contributed by atoms with Gasteiger partial charge in [-0.3, -0.25) is 14.5 Å². The molecule has 6 heteroatoms. The molecule has 1 fully saturated rings. The van der Waals surface area contributed by atoms with E-state index in [4.69, 9.17) is 9.26 Å². The molecule has 0 bridgehead atoms. The summed E-state index contributed by atoms with van der Waals surface area (Å²) in [5, 5.41) is 3.85. The van der Waals surface area contributed by atoms with Gasteiger partial charge in [-0.05, 0) is 34.2 Å². The molecule has 22 heavy (non-hydrogen) atoms. The highest BCUT2D eigenvalue weighted by atomic mass is 16.6. The van der Waals surface area contributed by atoms with E-state index in [0.29, 0.717) is 18.8 Å². The van der Waals surface area contributed by atoms with Crippen molar-refractivity contribution >= 4 is 11.8 Å². The Bertz CT molecular complexity index is 557. The summed E-state index contributed by atoms with van der Waals surface area (Å²) in [5.74, 6) is 0.338. The molecular weight excluding hydrogens is 284 g/mol. The van der Waals surface area contributed by atoms with Crippen molar-refractivity contribution in [2.45, 2.75) is 59.1 Å². The molecule has 1 saturated heterocycles. The number of aryl methyl sites for hydroxylation is 2. The molecule has 0 aromatic carbocycles. The van der Waals surface area contributed by atoms with Gasteiger partial charge in [0.2, 0.25) is 0 Å². The number of morpholine rings is 1. The van der Waals surface area contributed by atoms with Crippen LogP contribution < -0.4 is 0 Å². The highest BCUT2D eigenvalue weighted by Crippen LogP contribution is 2.24. The molecule has 2 rings (SSSR count). The highest BCUT2D eigenvalue weighted by molar-refractivity contribution is 5.88. The number of hydrogen-bond donors (Lipinski definition) is 0. The number of aromatic nitrogens is 1. The smallest absolute Gasteiger partial charge is 0.324 e. The van der Waals surface area contributed by atoms with Gasteiger partial charge in [0.15, 0.2) is 0 Å². The second kappa shape index (κ2) is 6.20. The molecule has 1 unspecified atom stereocenters. The van der Waals surface area contributed by atoms with E-state index in [0.717, 1.165) is 11.3 Å². The van der Waals surface area contributed by atoms with Gasteiger partial charge in [-0.2, -0.15) is 0 Å². The summed E-state index contributed by atoms with van der Waals surface area (Å²) in [6.45, 7) is 10.7. The number of Topliss-reactive ketones (excluding diaryl/α,β-unsaturated/α-hetero) is 1. The minimum absolute atomic E-state index is 0.00509. The molecule has 1 aromatic rings. The third kappa shape index (κ3) is 3.55. The van der Waals surface area contributed by atoms with E-state index in [2.05, 4.69) is 5.16 Å². The van der Waals surface area contributed by atoms with Crippen LogP contribution in [0.25, 0.3) is 0 Å². The van der Waals surface area contributed by atoms with Gasteiger partial charge in [0.05, 0.1) is 5.69 Å². The van der Waals surface area contributed by atoms with Crippen LogP contribution in [0.15, 0.2) is 4.52 Å². The number of carbonyl (C=O) groups excluding carboxylic acids is 2. The molecule has 1 aliphatic heterocycles. The van der Waals surface area contributed by atoms with E-state index in [1.54, 1.807) is 6.92 Å². The predicted molar refractivity (Wildman–Crippen MR) is 80.5 cm³/mol. The predicted octanol–water partition coefficient (Wildman–Crippen LogP) is 1.82. The second-order valence-electron chi connectivity index (χ2n) is 6.48. The molecule has 6 nitrogen and oxygen atoms in total. The van der Waals surface area contributed by atoms with Crippen LogP contribution in [0.1, 0.15) is 44.2 Å². The highest BCUT2D eigenvalue weighted by Gasteiger charge is 2.40. The summed E-state index contributed by atoms with van der Waals surface area (Å²) >= 11 is 0. The van der Waals surface area contributed by atoms with Crippen LogP contribution in [0.2, 0.25) is 0 Å². The Hall–Kier alpha value is -1.69. The average molecular weight is 308 g/mol. The first-order chi connectivity index (χ1) is 10.2. The Morgan fingerprint density at radius 2 is 2.09 bits per heavy atom. The molecule has 1 aromatic heterocycles. The molecule has 2 heterocycles. The number of esters is 1. The Labute approximate surface area is 130 Å². The first-order valence-electron chi connectivity index (χ1n) is 7.64. The molecule has 122 valence electrons. The lowest BCUT2D eigenvalue weighted by Gasteiger charge is -2.41. The molecule has 0 amide bonds. The van der Waals surface area contributed by atoms with Crippen molar-refractivity contribution in [3.63, 3.8) is 0 Å². The van der Waals surface area contributed by atoms with E-state index in [-0.39, 0.29) is 24.6 Å². The number of ether oxygens (including phenoxy) is 1. The minimum Gasteiger partial charge on any atom is -0.457 e. The third-order valence-corrected chi connectivity index (χ3v) is 4.06. The van der Waals surface area contributed by atoms with Gasteiger partial charge < -0.3 is 9.26 Å². The summed E-state index contributed by atoms with van der Waals surface area (Å²) in [6, 6.07) is -0.494. The van der Waals surface area contributed by atoms with E-state index < -0.39 is 11.6 Å².